The molecule has 0 rings (SSSR count). The minimum atomic E-state index is -5.68. The number of hydrogen-bond acceptors (Lipinski definition) is 8. The molecule has 8 nitrogen and oxygen atoms in total. The fourth-order valence-electron chi connectivity index (χ4n) is 0.122. The third-order valence-corrected chi connectivity index (χ3v) is 2.05. The maximum Gasteiger partial charge on any atom is 2.00 e. The zero-order valence-electron chi connectivity index (χ0n) is 7.41. The Bertz CT molecular complexity index is 191. The summed E-state index contributed by atoms with van der Waals surface area (Å²) in [6, 6.07) is 0. The first-order valence-electron chi connectivity index (χ1n) is 2.54. The van der Waals surface area contributed by atoms with Crippen LogP contribution in [-0.4, -0.2) is 93.1 Å². The molecule has 0 heterocycles. The predicted octanol–water partition coefficient (Wildman–Crippen LogP) is -3.88. The van der Waals surface area contributed by atoms with Crippen molar-refractivity contribution in [3.05, 3.63) is 0 Å². The van der Waals surface area contributed by atoms with Crippen LogP contribution in [0.3, 0.4) is 0 Å². The van der Waals surface area contributed by atoms with Gasteiger partial charge in [-0.05, 0) is 0 Å². The Morgan fingerprint density at radius 1 is 1.07 bits per heavy atom. The minimum absolute atomic E-state index is 0. The summed E-state index contributed by atoms with van der Waals surface area (Å²) in [5.74, 6) is 0.347. The molecule has 0 aromatic rings. The van der Waals surface area contributed by atoms with Gasteiger partial charge in [0.15, 0.2) is 0 Å². The topological polar surface area (TPSA) is 156 Å². The molecule has 0 saturated carbocycles. The van der Waals surface area contributed by atoms with Crippen LogP contribution in [0.25, 0.3) is 0 Å². The Labute approximate surface area is 151 Å². The van der Waals surface area contributed by atoms with E-state index in [4.69, 9.17) is 16.7 Å². The fraction of sp³-hybridized carbons (Fsp3) is 1.00. The number of hydrogen-bond donors (Lipinski definition) is 1. The van der Waals surface area contributed by atoms with Gasteiger partial charge in [0.1, 0.15) is 0 Å². The molecule has 0 fully saturated rings. The number of phosphoric acid groups is 2. The van der Waals surface area contributed by atoms with Gasteiger partial charge in [-0.15, -0.1) is 11.6 Å². The average Bonchev–Trinajstić information content (AvgIpc) is 1.80. The van der Waals surface area contributed by atoms with Gasteiger partial charge in [0.05, 0.1) is 22.3 Å². The molecule has 0 aromatic carbocycles. The molecule has 0 aliphatic rings. The summed E-state index contributed by atoms with van der Waals surface area (Å²) in [6.45, 7) is 0.0849. The normalized spacial score (nSPS) is 10.3. The molecule has 82 valence electrons. The minimum Gasteiger partial charge on any atom is -0.790 e. The smallest absolute Gasteiger partial charge is 0.790 e. The van der Waals surface area contributed by atoms with E-state index in [0.29, 0.717) is 5.88 Å². The maximum atomic E-state index is 9.32. The summed E-state index contributed by atoms with van der Waals surface area (Å²) in [5, 5.41) is 7.74. The average molecular weight is 335 g/mol. The predicted molar refractivity (Wildman–Crippen MR) is 45.6 cm³/mol. The van der Waals surface area contributed by atoms with Crippen molar-refractivity contribution in [3.63, 3.8) is 0 Å². The van der Waals surface area contributed by atoms with Gasteiger partial charge < -0.3 is 38.1 Å². The molecule has 0 spiro atoms. The summed E-state index contributed by atoms with van der Waals surface area (Å²) in [5.41, 5.74) is 0. The van der Waals surface area contributed by atoms with Crippen LogP contribution in [-0.2, 0) is 13.4 Å². The first-order valence-corrected chi connectivity index (χ1v) is 6.00. The molecule has 0 aromatic heterocycles. The molecule has 0 aliphatic carbocycles. The van der Waals surface area contributed by atoms with Crippen molar-refractivity contribution in [2.75, 3.05) is 12.5 Å². The van der Waals surface area contributed by atoms with Crippen LogP contribution in [0.5, 0.6) is 0 Å². The number of halogens is 1. The zero-order chi connectivity index (χ0) is 11.1. The van der Waals surface area contributed by atoms with E-state index >= 15 is 0 Å². The van der Waals surface area contributed by atoms with Gasteiger partial charge in [0.2, 0.25) is 0 Å². The van der Waals surface area contributed by atoms with Gasteiger partial charge in [-0.2, -0.15) is 0 Å². The molecule has 0 saturated heterocycles. The van der Waals surface area contributed by atoms with Gasteiger partial charge >= 0.3 is 75.5 Å². The Morgan fingerprint density at radius 3 is 1.27 bits per heavy atom. The Hall–Kier alpha value is 3.03. The summed E-state index contributed by atoms with van der Waals surface area (Å²) >= 11 is 4.94. The van der Waals surface area contributed by atoms with Crippen LogP contribution in [0, 0.1) is 0 Å². The molecule has 1 N–H and O–H groups in total. The third kappa shape index (κ3) is 38.2. The van der Waals surface area contributed by atoms with E-state index < -0.39 is 15.6 Å². The van der Waals surface area contributed by atoms with Crippen LogP contribution in [0.15, 0.2) is 0 Å². The molecule has 0 amide bonds. The molecular formula is C2H5Ca2ClO8P2. The third-order valence-electron chi connectivity index (χ3n) is 0.285. The first kappa shape index (κ1) is 26.6. The second kappa shape index (κ2) is 13.5. The fourth-order valence-corrected chi connectivity index (χ4v) is 1.10. The number of aliphatic hydroxyl groups excluding tert-OH is 1. The van der Waals surface area contributed by atoms with E-state index in [-0.39, 0.29) is 82.1 Å². The largest absolute Gasteiger partial charge is 2.00 e. The van der Waals surface area contributed by atoms with Crippen molar-refractivity contribution in [2.45, 2.75) is 0 Å². The molecule has 0 unspecified atom stereocenters. The molecule has 15 heavy (non-hydrogen) atoms. The van der Waals surface area contributed by atoms with E-state index in [1.165, 1.54) is 0 Å². The van der Waals surface area contributed by atoms with Gasteiger partial charge in [-0.25, -0.2) is 0 Å². The number of rotatable bonds is 3. The maximum absolute atomic E-state index is 9.32. The summed E-state index contributed by atoms with van der Waals surface area (Å²) in [7, 11) is -11.4. The standard InChI is InChI=1S/C2H5ClO.2Ca.H4O7P2/c3-1-2-4;;;1-8(2,3)7-9(4,5)6/h4H,1-2H2;;;(H2,1,2,3)(H2,4,5,6)/q;2*+2;/p-4. The Kier molecular flexibility index (Phi) is 23.8. The quantitative estimate of drug-likeness (QED) is 0.312. The Morgan fingerprint density at radius 2 is 1.27 bits per heavy atom. The van der Waals surface area contributed by atoms with Crippen molar-refractivity contribution in [1.82, 2.24) is 0 Å². The van der Waals surface area contributed by atoms with Crippen molar-refractivity contribution in [2.24, 2.45) is 0 Å². The van der Waals surface area contributed by atoms with Gasteiger partial charge in [0, 0.05) is 5.88 Å². The van der Waals surface area contributed by atoms with Crippen LogP contribution >= 0.6 is 27.2 Å². The van der Waals surface area contributed by atoms with Gasteiger partial charge in [-0.3, -0.25) is 0 Å². The number of alkyl halides is 1. The zero-order valence-corrected chi connectivity index (χ0v) is 14.4. The van der Waals surface area contributed by atoms with Crippen molar-refractivity contribution in [3.8, 4) is 0 Å². The second-order valence-corrected chi connectivity index (χ2v) is 4.21. The van der Waals surface area contributed by atoms with E-state index in [9.17, 15) is 28.7 Å². The number of aliphatic hydroxyl groups is 1. The van der Waals surface area contributed by atoms with E-state index in [1.54, 1.807) is 0 Å². The molecule has 0 radical (unpaired) electrons. The van der Waals surface area contributed by atoms with Crippen molar-refractivity contribution in [1.29, 1.82) is 0 Å². The van der Waals surface area contributed by atoms with Gasteiger partial charge in [-0.1, -0.05) is 0 Å². The molecule has 0 aliphatic heterocycles. The van der Waals surface area contributed by atoms with E-state index in [2.05, 4.69) is 4.31 Å². The molecule has 0 bridgehead atoms. The van der Waals surface area contributed by atoms with Crippen LogP contribution in [0.4, 0.5) is 0 Å². The van der Waals surface area contributed by atoms with E-state index in [0.717, 1.165) is 0 Å². The summed E-state index contributed by atoms with van der Waals surface area (Å²) < 4.78 is 21.2. The molecule has 13 heteroatoms. The van der Waals surface area contributed by atoms with Gasteiger partial charge in [0.25, 0.3) is 0 Å². The summed E-state index contributed by atoms with van der Waals surface area (Å²) in [6.07, 6.45) is 0. The first-order chi connectivity index (χ1) is 5.62. The Balaban J connectivity index is -0.0000000883. The SMILES string of the molecule is O=P([O-])([O-])OP(=O)([O-])[O-].OCCCl.[Ca+2].[Ca+2]. The molecule has 0 atom stereocenters. The van der Waals surface area contributed by atoms with Crippen molar-refractivity contribution < 1.29 is 38.1 Å². The second-order valence-electron chi connectivity index (χ2n) is 1.39. The summed E-state index contributed by atoms with van der Waals surface area (Å²) in [4.78, 5) is 37.3. The van der Waals surface area contributed by atoms with Crippen LogP contribution in [0.2, 0.25) is 0 Å². The monoisotopic (exact) mass is 334 g/mol. The van der Waals surface area contributed by atoms with Crippen molar-refractivity contribution >= 4 is 103 Å². The van der Waals surface area contributed by atoms with Crippen LogP contribution in [0.1, 0.15) is 0 Å². The molecular weight excluding hydrogens is 330 g/mol. The van der Waals surface area contributed by atoms with Crippen LogP contribution < -0.4 is 19.6 Å². The van der Waals surface area contributed by atoms with E-state index in [1.807, 2.05) is 0 Å².